The van der Waals surface area contributed by atoms with Crippen LogP contribution in [0.15, 0.2) is 22.1 Å². The van der Waals surface area contributed by atoms with Gasteiger partial charge in [0.05, 0.1) is 0 Å². The standard InChI is InChI=1S/C12H20S/c1-8(2)11-6-10(5)13-7-12(11)9(3)4/h6,8-9H,7H2,1-5H3. The van der Waals surface area contributed by atoms with Crippen LogP contribution >= 0.6 is 11.8 Å². The van der Waals surface area contributed by atoms with E-state index < -0.39 is 0 Å². The lowest BCUT2D eigenvalue weighted by Crippen LogP contribution is -2.09. The van der Waals surface area contributed by atoms with Gasteiger partial charge in [-0.15, -0.1) is 11.8 Å². The summed E-state index contributed by atoms with van der Waals surface area (Å²) in [5.74, 6) is 2.58. The van der Waals surface area contributed by atoms with E-state index in [1.54, 1.807) is 11.1 Å². The number of rotatable bonds is 2. The molecule has 0 atom stereocenters. The van der Waals surface area contributed by atoms with Crippen molar-refractivity contribution in [1.29, 1.82) is 0 Å². The molecule has 0 spiro atoms. The van der Waals surface area contributed by atoms with Crippen molar-refractivity contribution in [2.75, 3.05) is 5.75 Å². The largest absolute Gasteiger partial charge is 0.126 e. The third-order valence-corrected chi connectivity index (χ3v) is 3.53. The Morgan fingerprint density at radius 1 is 1.15 bits per heavy atom. The Morgan fingerprint density at radius 2 is 1.77 bits per heavy atom. The summed E-state index contributed by atoms with van der Waals surface area (Å²) in [5, 5.41) is 0. The van der Waals surface area contributed by atoms with Gasteiger partial charge in [0.2, 0.25) is 0 Å². The summed E-state index contributed by atoms with van der Waals surface area (Å²) < 4.78 is 0. The maximum absolute atomic E-state index is 2.37. The van der Waals surface area contributed by atoms with Crippen LogP contribution in [-0.4, -0.2) is 5.75 Å². The fraction of sp³-hybridized carbons (Fsp3) is 0.667. The van der Waals surface area contributed by atoms with Crippen LogP contribution < -0.4 is 0 Å². The predicted molar refractivity (Wildman–Crippen MR) is 62.9 cm³/mol. The summed E-state index contributed by atoms with van der Waals surface area (Å²) in [6, 6.07) is 0. The van der Waals surface area contributed by atoms with Gasteiger partial charge in [0, 0.05) is 5.75 Å². The lowest BCUT2D eigenvalue weighted by Gasteiger charge is -2.23. The lowest BCUT2D eigenvalue weighted by atomic mass is 9.91. The Balaban J connectivity index is 3.01. The number of thioether (sulfide) groups is 1. The topological polar surface area (TPSA) is 0 Å². The summed E-state index contributed by atoms with van der Waals surface area (Å²) in [6.07, 6.45) is 2.37. The van der Waals surface area contributed by atoms with E-state index >= 15 is 0 Å². The maximum atomic E-state index is 2.37. The molecule has 1 aliphatic rings. The molecule has 0 unspecified atom stereocenters. The zero-order valence-corrected chi connectivity index (χ0v) is 10.2. The van der Waals surface area contributed by atoms with Crippen molar-refractivity contribution in [3.63, 3.8) is 0 Å². The molecular formula is C12H20S. The molecule has 0 N–H and O–H groups in total. The van der Waals surface area contributed by atoms with Crippen LogP contribution in [0.3, 0.4) is 0 Å². The van der Waals surface area contributed by atoms with Gasteiger partial charge in [0.1, 0.15) is 0 Å². The molecule has 0 aromatic carbocycles. The van der Waals surface area contributed by atoms with Crippen molar-refractivity contribution in [2.45, 2.75) is 34.6 Å². The highest BCUT2D eigenvalue weighted by Crippen LogP contribution is 2.34. The molecule has 0 saturated heterocycles. The van der Waals surface area contributed by atoms with Gasteiger partial charge in [0.15, 0.2) is 0 Å². The van der Waals surface area contributed by atoms with E-state index in [0.29, 0.717) is 11.8 Å². The first-order chi connectivity index (χ1) is 6.02. The molecule has 0 radical (unpaired) electrons. The van der Waals surface area contributed by atoms with E-state index in [0.717, 1.165) is 0 Å². The van der Waals surface area contributed by atoms with Gasteiger partial charge >= 0.3 is 0 Å². The Labute approximate surface area is 86.5 Å². The maximum Gasteiger partial charge on any atom is 0.0195 e. The number of allylic oxidation sites excluding steroid dienone is 3. The van der Waals surface area contributed by atoms with E-state index in [4.69, 9.17) is 0 Å². The van der Waals surface area contributed by atoms with E-state index in [-0.39, 0.29) is 0 Å². The van der Waals surface area contributed by atoms with Crippen LogP contribution in [0.4, 0.5) is 0 Å². The molecule has 0 saturated carbocycles. The highest BCUT2D eigenvalue weighted by Gasteiger charge is 2.16. The number of hydrogen-bond acceptors (Lipinski definition) is 1. The van der Waals surface area contributed by atoms with Crippen LogP contribution in [-0.2, 0) is 0 Å². The zero-order valence-electron chi connectivity index (χ0n) is 9.35. The van der Waals surface area contributed by atoms with E-state index in [9.17, 15) is 0 Å². The van der Waals surface area contributed by atoms with Crippen LogP contribution in [0, 0.1) is 11.8 Å². The summed E-state index contributed by atoms with van der Waals surface area (Å²) in [5.41, 5.74) is 3.22. The Morgan fingerprint density at radius 3 is 2.23 bits per heavy atom. The SMILES string of the molecule is CC1=CC(C(C)C)=C(C(C)C)CS1. The predicted octanol–water partition coefficient (Wildman–Crippen LogP) is 4.25. The van der Waals surface area contributed by atoms with Gasteiger partial charge in [-0.3, -0.25) is 0 Å². The van der Waals surface area contributed by atoms with Crippen LogP contribution in [0.5, 0.6) is 0 Å². The van der Waals surface area contributed by atoms with Gasteiger partial charge in [-0.25, -0.2) is 0 Å². The van der Waals surface area contributed by atoms with Crippen molar-refractivity contribution in [3.05, 3.63) is 22.1 Å². The second kappa shape index (κ2) is 4.36. The summed E-state index contributed by atoms with van der Waals surface area (Å²) in [6.45, 7) is 11.4. The molecule has 1 heteroatoms. The molecule has 1 rings (SSSR count). The van der Waals surface area contributed by atoms with Gasteiger partial charge in [-0.05, 0) is 35.3 Å². The van der Waals surface area contributed by atoms with Crippen LogP contribution in [0.2, 0.25) is 0 Å². The first-order valence-electron chi connectivity index (χ1n) is 5.06. The van der Waals surface area contributed by atoms with Gasteiger partial charge < -0.3 is 0 Å². The molecule has 74 valence electrons. The fourth-order valence-corrected chi connectivity index (χ4v) is 2.76. The van der Waals surface area contributed by atoms with E-state index in [2.05, 4.69) is 40.7 Å². The Hall–Kier alpha value is -0.170. The monoisotopic (exact) mass is 196 g/mol. The van der Waals surface area contributed by atoms with Gasteiger partial charge in [-0.2, -0.15) is 0 Å². The van der Waals surface area contributed by atoms with E-state index in [1.807, 2.05) is 11.8 Å². The van der Waals surface area contributed by atoms with Crippen molar-refractivity contribution in [2.24, 2.45) is 11.8 Å². The molecule has 1 heterocycles. The minimum absolute atomic E-state index is 0.674. The smallest absolute Gasteiger partial charge is 0.0195 e. The highest BCUT2D eigenvalue weighted by molar-refractivity contribution is 8.03. The lowest BCUT2D eigenvalue weighted by molar-refractivity contribution is 0.707. The summed E-state index contributed by atoms with van der Waals surface area (Å²) in [4.78, 5) is 1.47. The van der Waals surface area contributed by atoms with E-state index in [1.165, 1.54) is 10.7 Å². The molecular weight excluding hydrogens is 176 g/mol. The average molecular weight is 196 g/mol. The molecule has 0 bridgehead atoms. The van der Waals surface area contributed by atoms with Gasteiger partial charge in [0.25, 0.3) is 0 Å². The normalized spacial score (nSPS) is 18.5. The summed E-state index contributed by atoms with van der Waals surface area (Å²) >= 11 is 1.98. The summed E-state index contributed by atoms with van der Waals surface area (Å²) in [7, 11) is 0. The molecule has 0 amide bonds. The highest BCUT2D eigenvalue weighted by atomic mass is 32.2. The fourth-order valence-electron chi connectivity index (χ4n) is 1.67. The molecule has 0 aromatic heterocycles. The molecule has 0 aliphatic carbocycles. The van der Waals surface area contributed by atoms with Crippen molar-refractivity contribution >= 4 is 11.8 Å². The van der Waals surface area contributed by atoms with Crippen molar-refractivity contribution in [3.8, 4) is 0 Å². The third-order valence-electron chi connectivity index (χ3n) is 2.50. The van der Waals surface area contributed by atoms with Crippen molar-refractivity contribution in [1.82, 2.24) is 0 Å². The average Bonchev–Trinajstić information content (AvgIpc) is 2.03. The quantitative estimate of drug-likeness (QED) is 0.636. The van der Waals surface area contributed by atoms with Crippen molar-refractivity contribution < 1.29 is 0 Å². The van der Waals surface area contributed by atoms with Gasteiger partial charge in [-0.1, -0.05) is 33.3 Å². The van der Waals surface area contributed by atoms with Crippen LogP contribution in [0.1, 0.15) is 34.6 Å². The first kappa shape index (κ1) is 10.9. The Bertz CT molecular complexity index is 244. The molecule has 1 aliphatic heterocycles. The second-order valence-electron chi connectivity index (χ2n) is 4.33. The molecule has 13 heavy (non-hydrogen) atoms. The first-order valence-corrected chi connectivity index (χ1v) is 6.05. The third kappa shape index (κ3) is 2.63. The molecule has 0 aromatic rings. The number of hydrogen-bond donors (Lipinski definition) is 0. The Kier molecular flexibility index (Phi) is 3.66. The minimum Gasteiger partial charge on any atom is -0.126 e. The molecule has 0 fully saturated rings. The second-order valence-corrected chi connectivity index (χ2v) is 5.55. The molecule has 0 nitrogen and oxygen atoms in total. The minimum atomic E-state index is 0.674. The van der Waals surface area contributed by atoms with Crippen LogP contribution in [0.25, 0.3) is 0 Å². The zero-order chi connectivity index (χ0) is 10.0.